The molecule has 138 valence electrons. The van der Waals surface area contributed by atoms with Crippen LogP contribution in [0.4, 0.5) is 0 Å². The summed E-state index contributed by atoms with van der Waals surface area (Å²) in [5, 5.41) is 10.8. The number of hydrogen-bond acceptors (Lipinski definition) is 5. The van der Waals surface area contributed by atoms with E-state index in [-0.39, 0.29) is 16.9 Å². The summed E-state index contributed by atoms with van der Waals surface area (Å²) in [5.41, 5.74) is 1.20. The van der Waals surface area contributed by atoms with E-state index in [0.717, 1.165) is 10.5 Å². The summed E-state index contributed by atoms with van der Waals surface area (Å²) in [6.45, 7) is 6.16. The average Bonchev–Trinajstić information content (AvgIpc) is 2.64. The Bertz CT molecular complexity index is 949. The van der Waals surface area contributed by atoms with Crippen LogP contribution in [-0.4, -0.2) is 16.1 Å². The average molecular weight is 379 g/mol. The highest BCUT2D eigenvalue weighted by Gasteiger charge is 2.19. The van der Waals surface area contributed by atoms with E-state index in [4.69, 9.17) is 4.74 Å². The minimum Gasteiger partial charge on any atom is -0.504 e. The maximum Gasteiger partial charge on any atom is 0.346 e. The lowest BCUT2D eigenvalue weighted by Crippen LogP contribution is -2.13. The number of carbonyl (C=O) groups excluding carboxylic acids is 1. The van der Waals surface area contributed by atoms with Crippen LogP contribution >= 0.6 is 11.8 Å². The fraction of sp³-hybridized carbons (Fsp3) is 0.182. The topological polar surface area (TPSA) is 59.4 Å². The standard InChI is InChI=1S/C22H21NO3S/c1-22(2,3)15-11-12-19(18(24)14-15)26-21(25)17-10-7-13-23-20(17)27-16-8-5-4-6-9-16/h4-14,24H,1-3H3. The van der Waals surface area contributed by atoms with Crippen molar-refractivity contribution in [3.05, 3.63) is 78.0 Å². The number of pyridine rings is 1. The lowest BCUT2D eigenvalue weighted by Gasteiger charge is -2.19. The lowest BCUT2D eigenvalue weighted by molar-refractivity contribution is 0.0725. The molecule has 0 fully saturated rings. The molecule has 5 heteroatoms. The zero-order chi connectivity index (χ0) is 19.4. The Balaban J connectivity index is 1.83. The van der Waals surface area contributed by atoms with Crippen molar-refractivity contribution in [2.24, 2.45) is 0 Å². The Labute approximate surface area is 163 Å². The molecular weight excluding hydrogens is 358 g/mol. The van der Waals surface area contributed by atoms with Crippen molar-refractivity contribution in [3.63, 3.8) is 0 Å². The molecule has 0 aliphatic carbocycles. The molecule has 0 aliphatic rings. The highest BCUT2D eigenvalue weighted by molar-refractivity contribution is 7.99. The zero-order valence-corrected chi connectivity index (χ0v) is 16.3. The molecule has 1 N–H and O–H groups in total. The number of phenolic OH excluding ortho intramolecular Hbond substituents is 1. The summed E-state index contributed by atoms with van der Waals surface area (Å²) in [6.07, 6.45) is 1.64. The van der Waals surface area contributed by atoms with Gasteiger partial charge in [0.15, 0.2) is 11.5 Å². The van der Waals surface area contributed by atoms with Crippen LogP contribution in [0.15, 0.2) is 76.8 Å². The van der Waals surface area contributed by atoms with Gasteiger partial charge in [-0.2, -0.15) is 0 Å². The van der Waals surface area contributed by atoms with E-state index in [9.17, 15) is 9.90 Å². The predicted octanol–water partition coefficient (Wildman–Crippen LogP) is 5.46. The lowest BCUT2D eigenvalue weighted by atomic mass is 9.87. The van der Waals surface area contributed by atoms with E-state index in [1.807, 2.05) is 36.4 Å². The predicted molar refractivity (Wildman–Crippen MR) is 107 cm³/mol. The normalized spacial score (nSPS) is 11.2. The number of carbonyl (C=O) groups is 1. The van der Waals surface area contributed by atoms with E-state index in [1.165, 1.54) is 11.8 Å². The fourth-order valence-corrected chi connectivity index (χ4v) is 3.34. The SMILES string of the molecule is CC(C)(C)c1ccc(OC(=O)c2cccnc2Sc2ccccc2)c(O)c1. The number of aromatic hydroxyl groups is 1. The molecule has 2 aromatic carbocycles. The highest BCUT2D eigenvalue weighted by atomic mass is 32.2. The van der Waals surface area contributed by atoms with Gasteiger partial charge in [-0.1, -0.05) is 56.8 Å². The molecule has 0 unspecified atom stereocenters. The Morgan fingerprint density at radius 1 is 1.04 bits per heavy atom. The number of esters is 1. The van der Waals surface area contributed by atoms with Crippen molar-refractivity contribution >= 4 is 17.7 Å². The first-order chi connectivity index (χ1) is 12.8. The van der Waals surface area contributed by atoms with Crippen LogP contribution in [0.2, 0.25) is 0 Å². The van der Waals surface area contributed by atoms with Gasteiger partial charge in [-0.25, -0.2) is 9.78 Å². The first-order valence-corrected chi connectivity index (χ1v) is 9.40. The smallest absolute Gasteiger partial charge is 0.346 e. The summed E-state index contributed by atoms with van der Waals surface area (Å²) in [5.74, 6) is -0.482. The third-order valence-electron chi connectivity index (χ3n) is 3.98. The van der Waals surface area contributed by atoms with Crippen LogP contribution in [-0.2, 0) is 5.41 Å². The number of aromatic nitrogens is 1. The molecule has 4 nitrogen and oxygen atoms in total. The molecule has 3 aromatic rings. The summed E-state index contributed by atoms with van der Waals surface area (Å²) < 4.78 is 5.43. The molecule has 0 atom stereocenters. The van der Waals surface area contributed by atoms with Crippen molar-refractivity contribution in [1.82, 2.24) is 4.98 Å². The van der Waals surface area contributed by atoms with Crippen molar-refractivity contribution in [2.45, 2.75) is 36.1 Å². The van der Waals surface area contributed by atoms with Crippen LogP contribution < -0.4 is 4.74 Å². The first-order valence-electron chi connectivity index (χ1n) is 8.58. The van der Waals surface area contributed by atoms with Crippen molar-refractivity contribution in [2.75, 3.05) is 0 Å². The van der Waals surface area contributed by atoms with Crippen LogP contribution in [0.25, 0.3) is 0 Å². The fourth-order valence-electron chi connectivity index (χ4n) is 2.45. The highest BCUT2D eigenvalue weighted by Crippen LogP contribution is 2.34. The molecule has 0 aliphatic heterocycles. The van der Waals surface area contributed by atoms with Crippen LogP contribution in [0.5, 0.6) is 11.5 Å². The molecule has 0 amide bonds. The van der Waals surface area contributed by atoms with Gasteiger partial charge < -0.3 is 9.84 Å². The van der Waals surface area contributed by atoms with Gasteiger partial charge in [0.25, 0.3) is 0 Å². The van der Waals surface area contributed by atoms with Gasteiger partial charge in [0.05, 0.1) is 5.56 Å². The molecule has 0 spiro atoms. The van der Waals surface area contributed by atoms with Crippen LogP contribution in [0, 0.1) is 0 Å². The molecule has 1 heterocycles. The molecular formula is C22H21NO3S. The van der Waals surface area contributed by atoms with Gasteiger partial charge >= 0.3 is 5.97 Å². The third-order valence-corrected chi connectivity index (χ3v) is 5.00. The van der Waals surface area contributed by atoms with E-state index in [2.05, 4.69) is 25.8 Å². The van der Waals surface area contributed by atoms with Crippen LogP contribution in [0.3, 0.4) is 0 Å². The molecule has 0 radical (unpaired) electrons. The van der Waals surface area contributed by atoms with Gasteiger partial charge in [-0.3, -0.25) is 0 Å². The Morgan fingerprint density at radius 2 is 1.78 bits per heavy atom. The monoisotopic (exact) mass is 379 g/mol. The first kappa shape index (κ1) is 19.0. The quantitative estimate of drug-likeness (QED) is 0.482. The number of benzene rings is 2. The van der Waals surface area contributed by atoms with Crippen molar-refractivity contribution in [3.8, 4) is 11.5 Å². The summed E-state index contributed by atoms with van der Waals surface area (Å²) in [7, 11) is 0. The van der Waals surface area contributed by atoms with Gasteiger partial charge in [0, 0.05) is 11.1 Å². The third kappa shape index (κ3) is 4.68. The maximum atomic E-state index is 12.7. The Kier molecular flexibility index (Phi) is 5.51. The second-order valence-electron chi connectivity index (χ2n) is 7.09. The van der Waals surface area contributed by atoms with Gasteiger partial charge in [-0.15, -0.1) is 0 Å². The summed E-state index contributed by atoms with van der Waals surface area (Å²) >= 11 is 1.39. The molecule has 3 rings (SSSR count). The van der Waals surface area contributed by atoms with Crippen molar-refractivity contribution < 1.29 is 14.6 Å². The number of ether oxygens (including phenoxy) is 1. The largest absolute Gasteiger partial charge is 0.504 e. The summed E-state index contributed by atoms with van der Waals surface area (Å²) in [6, 6.07) is 18.1. The number of hydrogen-bond donors (Lipinski definition) is 1. The zero-order valence-electron chi connectivity index (χ0n) is 15.5. The Hall–Kier alpha value is -2.79. The minimum atomic E-state index is -0.555. The Morgan fingerprint density at radius 3 is 2.44 bits per heavy atom. The number of nitrogens with zero attached hydrogens (tertiary/aromatic N) is 1. The number of rotatable bonds is 4. The van der Waals surface area contributed by atoms with Gasteiger partial charge in [-0.05, 0) is 47.4 Å². The van der Waals surface area contributed by atoms with E-state index in [0.29, 0.717) is 10.6 Å². The molecule has 0 saturated heterocycles. The second-order valence-corrected chi connectivity index (χ2v) is 8.16. The number of phenols is 1. The summed E-state index contributed by atoms with van der Waals surface area (Å²) in [4.78, 5) is 18.0. The van der Waals surface area contributed by atoms with Gasteiger partial charge in [0.1, 0.15) is 5.03 Å². The maximum absolute atomic E-state index is 12.7. The van der Waals surface area contributed by atoms with E-state index < -0.39 is 5.97 Å². The minimum absolute atomic E-state index is 0.0584. The molecule has 0 saturated carbocycles. The molecule has 1 aromatic heterocycles. The van der Waals surface area contributed by atoms with E-state index in [1.54, 1.807) is 30.5 Å². The van der Waals surface area contributed by atoms with Gasteiger partial charge in [0.2, 0.25) is 0 Å². The molecule has 27 heavy (non-hydrogen) atoms. The van der Waals surface area contributed by atoms with Crippen molar-refractivity contribution in [1.29, 1.82) is 0 Å². The van der Waals surface area contributed by atoms with E-state index >= 15 is 0 Å². The second kappa shape index (κ2) is 7.84. The van der Waals surface area contributed by atoms with Crippen LogP contribution in [0.1, 0.15) is 36.7 Å². The molecule has 0 bridgehead atoms.